The summed E-state index contributed by atoms with van der Waals surface area (Å²) in [6, 6.07) is 8.54. The highest BCUT2D eigenvalue weighted by Gasteiger charge is 2.10. The Bertz CT molecular complexity index is 364. The Morgan fingerprint density at radius 1 is 1.37 bits per heavy atom. The van der Waals surface area contributed by atoms with Crippen molar-refractivity contribution in [2.75, 3.05) is 33.2 Å². The summed E-state index contributed by atoms with van der Waals surface area (Å²) in [5.74, 6) is -0.959. The van der Waals surface area contributed by atoms with E-state index in [2.05, 4.69) is 17.3 Å². The SMILES string of the molecule is CN1CCNCC1.NC(Cc1ccccc1)C(=O)O. The summed E-state index contributed by atoms with van der Waals surface area (Å²) in [5.41, 5.74) is 6.30. The van der Waals surface area contributed by atoms with Crippen LogP contribution in [0.1, 0.15) is 5.56 Å². The molecule has 0 spiro atoms. The van der Waals surface area contributed by atoms with Gasteiger partial charge in [-0.25, -0.2) is 0 Å². The van der Waals surface area contributed by atoms with Crippen molar-refractivity contribution in [3.8, 4) is 0 Å². The number of nitrogens with zero attached hydrogens (tertiary/aromatic N) is 1. The third-order valence-electron chi connectivity index (χ3n) is 2.96. The van der Waals surface area contributed by atoms with Crippen molar-refractivity contribution < 1.29 is 9.90 Å². The Morgan fingerprint density at radius 2 is 1.95 bits per heavy atom. The number of carboxylic acid groups (broad SMARTS) is 1. The number of nitrogens with one attached hydrogen (secondary N) is 1. The summed E-state index contributed by atoms with van der Waals surface area (Å²) in [5, 5.41) is 11.8. The number of hydrogen-bond acceptors (Lipinski definition) is 4. The average Bonchev–Trinajstić information content (AvgIpc) is 2.41. The number of benzene rings is 1. The Labute approximate surface area is 114 Å². The van der Waals surface area contributed by atoms with E-state index in [0.29, 0.717) is 6.42 Å². The summed E-state index contributed by atoms with van der Waals surface area (Å²) in [4.78, 5) is 12.7. The van der Waals surface area contributed by atoms with Gasteiger partial charge >= 0.3 is 5.97 Å². The summed E-state index contributed by atoms with van der Waals surface area (Å²) < 4.78 is 0. The lowest BCUT2D eigenvalue weighted by atomic mass is 10.1. The van der Waals surface area contributed by atoms with E-state index in [4.69, 9.17) is 10.8 Å². The lowest BCUT2D eigenvalue weighted by molar-refractivity contribution is -0.138. The van der Waals surface area contributed by atoms with Gasteiger partial charge in [0.25, 0.3) is 0 Å². The van der Waals surface area contributed by atoms with E-state index in [1.165, 1.54) is 13.1 Å². The van der Waals surface area contributed by atoms with Crippen molar-refractivity contribution >= 4 is 5.97 Å². The largest absolute Gasteiger partial charge is 0.480 e. The van der Waals surface area contributed by atoms with E-state index in [0.717, 1.165) is 18.7 Å². The molecule has 1 aliphatic heterocycles. The van der Waals surface area contributed by atoms with Crippen molar-refractivity contribution in [1.82, 2.24) is 10.2 Å². The van der Waals surface area contributed by atoms with E-state index in [1.54, 1.807) is 0 Å². The molecule has 1 unspecified atom stereocenters. The van der Waals surface area contributed by atoms with Crippen molar-refractivity contribution in [1.29, 1.82) is 0 Å². The molecule has 2 rings (SSSR count). The Morgan fingerprint density at radius 3 is 2.37 bits per heavy atom. The van der Waals surface area contributed by atoms with Gasteiger partial charge in [-0.3, -0.25) is 4.79 Å². The normalized spacial score (nSPS) is 17.2. The van der Waals surface area contributed by atoms with Crippen LogP contribution in [-0.2, 0) is 11.2 Å². The maximum Gasteiger partial charge on any atom is 0.320 e. The molecular formula is C14H23N3O2. The van der Waals surface area contributed by atoms with Crippen molar-refractivity contribution in [2.24, 2.45) is 5.73 Å². The van der Waals surface area contributed by atoms with E-state index in [-0.39, 0.29) is 0 Å². The second kappa shape index (κ2) is 8.63. The molecule has 19 heavy (non-hydrogen) atoms. The smallest absolute Gasteiger partial charge is 0.320 e. The molecule has 0 amide bonds. The van der Waals surface area contributed by atoms with Crippen LogP contribution in [-0.4, -0.2) is 55.2 Å². The quantitative estimate of drug-likeness (QED) is 0.726. The summed E-state index contributed by atoms with van der Waals surface area (Å²) in [7, 11) is 2.15. The molecule has 1 fully saturated rings. The summed E-state index contributed by atoms with van der Waals surface area (Å²) in [6.07, 6.45) is 0.385. The van der Waals surface area contributed by atoms with Gasteiger partial charge in [0.2, 0.25) is 0 Å². The standard InChI is InChI=1S/C9H11NO2.C5H12N2/c10-8(9(11)12)6-7-4-2-1-3-5-7;1-7-4-2-6-3-5-7/h1-5,8H,6,10H2,(H,11,12);6H,2-5H2,1H3. The van der Waals surface area contributed by atoms with Crippen molar-refractivity contribution in [2.45, 2.75) is 12.5 Å². The van der Waals surface area contributed by atoms with Gasteiger partial charge in [-0.1, -0.05) is 30.3 Å². The Hall–Kier alpha value is -1.43. The number of likely N-dealkylation sites (N-methyl/N-ethyl adjacent to an activating group) is 1. The van der Waals surface area contributed by atoms with Gasteiger partial charge in [0, 0.05) is 26.2 Å². The minimum Gasteiger partial charge on any atom is -0.480 e. The Kier molecular flexibility index (Phi) is 7.10. The van der Waals surface area contributed by atoms with Gasteiger partial charge < -0.3 is 21.1 Å². The molecule has 1 aliphatic rings. The van der Waals surface area contributed by atoms with Crippen LogP contribution in [0.5, 0.6) is 0 Å². The van der Waals surface area contributed by atoms with Crippen LogP contribution in [0.3, 0.4) is 0 Å². The fraction of sp³-hybridized carbons (Fsp3) is 0.500. The molecule has 1 atom stereocenters. The zero-order valence-electron chi connectivity index (χ0n) is 11.4. The first-order valence-corrected chi connectivity index (χ1v) is 6.51. The summed E-state index contributed by atoms with van der Waals surface area (Å²) in [6.45, 7) is 4.74. The number of rotatable bonds is 3. The monoisotopic (exact) mass is 265 g/mol. The van der Waals surface area contributed by atoms with Gasteiger partial charge in [0.05, 0.1) is 0 Å². The average molecular weight is 265 g/mol. The first kappa shape index (κ1) is 15.6. The molecule has 5 nitrogen and oxygen atoms in total. The number of nitrogens with two attached hydrogens (primary N) is 1. The Balaban J connectivity index is 0.000000218. The molecule has 1 aromatic carbocycles. The second-order valence-corrected chi connectivity index (χ2v) is 4.69. The van der Waals surface area contributed by atoms with E-state index < -0.39 is 12.0 Å². The molecule has 106 valence electrons. The van der Waals surface area contributed by atoms with Gasteiger partial charge in [-0.05, 0) is 19.0 Å². The fourth-order valence-corrected chi connectivity index (χ4v) is 1.73. The van der Waals surface area contributed by atoms with E-state index >= 15 is 0 Å². The molecule has 4 N–H and O–H groups in total. The van der Waals surface area contributed by atoms with Crippen LogP contribution in [0, 0.1) is 0 Å². The van der Waals surface area contributed by atoms with Gasteiger partial charge in [-0.2, -0.15) is 0 Å². The third kappa shape index (κ3) is 6.91. The number of carbonyl (C=O) groups is 1. The van der Waals surface area contributed by atoms with Crippen LogP contribution in [0.25, 0.3) is 0 Å². The molecule has 1 aromatic rings. The zero-order chi connectivity index (χ0) is 14.1. The van der Waals surface area contributed by atoms with Crippen molar-refractivity contribution in [3.63, 3.8) is 0 Å². The summed E-state index contributed by atoms with van der Waals surface area (Å²) >= 11 is 0. The predicted molar refractivity (Wildman–Crippen MR) is 76.1 cm³/mol. The number of carboxylic acids is 1. The minimum atomic E-state index is -0.959. The van der Waals surface area contributed by atoms with Crippen LogP contribution >= 0.6 is 0 Å². The molecule has 0 aromatic heterocycles. The molecule has 0 bridgehead atoms. The van der Waals surface area contributed by atoms with Gasteiger partial charge in [-0.15, -0.1) is 0 Å². The fourth-order valence-electron chi connectivity index (χ4n) is 1.73. The lowest BCUT2D eigenvalue weighted by Crippen LogP contribution is -2.40. The highest BCUT2D eigenvalue weighted by Crippen LogP contribution is 2.01. The van der Waals surface area contributed by atoms with Crippen LogP contribution in [0.4, 0.5) is 0 Å². The molecule has 1 saturated heterocycles. The second-order valence-electron chi connectivity index (χ2n) is 4.69. The van der Waals surface area contributed by atoms with Crippen LogP contribution in [0.2, 0.25) is 0 Å². The van der Waals surface area contributed by atoms with Crippen LogP contribution in [0.15, 0.2) is 30.3 Å². The number of piperazine rings is 1. The highest BCUT2D eigenvalue weighted by atomic mass is 16.4. The molecule has 0 aliphatic carbocycles. The lowest BCUT2D eigenvalue weighted by Gasteiger charge is -2.21. The van der Waals surface area contributed by atoms with Crippen molar-refractivity contribution in [3.05, 3.63) is 35.9 Å². The third-order valence-corrected chi connectivity index (χ3v) is 2.96. The molecule has 0 radical (unpaired) electrons. The minimum absolute atomic E-state index is 0.385. The van der Waals surface area contributed by atoms with Crippen LogP contribution < -0.4 is 11.1 Å². The maximum atomic E-state index is 10.4. The molecule has 0 saturated carbocycles. The number of aliphatic carboxylic acids is 1. The number of hydrogen-bond donors (Lipinski definition) is 3. The first-order valence-electron chi connectivity index (χ1n) is 6.51. The maximum absolute atomic E-state index is 10.4. The molecule has 1 heterocycles. The van der Waals surface area contributed by atoms with Gasteiger partial charge in [0.1, 0.15) is 6.04 Å². The molecular weight excluding hydrogens is 242 g/mol. The molecule has 5 heteroatoms. The zero-order valence-corrected chi connectivity index (χ0v) is 11.4. The topological polar surface area (TPSA) is 78.6 Å². The van der Waals surface area contributed by atoms with E-state index in [1.807, 2.05) is 30.3 Å². The highest BCUT2D eigenvalue weighted by molar-refractivity contribution is 5.73. The van der Waals surface area contributed by atoms with E-state index in [9.17, 15) is 4.79 Å². The first-order chi connectivity index (χ1) is 9.09. The van der Waals surface area contributed by atoms with Gasteiger partial charge in [0.15, 0.2) is 0 Å². The predicted octanol–water partition coefficient (Wildman–Crippen LogP) is 0.162.